The highest BCUT2D eigenvalue weighted by molar-refractivity contribution is 5.29. The summed E-state index contributed by atoms with van der Waals surface area (Å²) >= 11 is 0. The zero-order valence-electron chi connectivity index (χ0n) is 8.73. The largest absolute Gasteiger partial charge is 0.492 e. The molecule has 0 spiro atoms. The van der Waals surface area contributed by atoms with E-state index in [1.54, 1.807) is 12.4 Å². The van der Waals surface area contributed by atoms with E-state index < -0.39 is 0 Å². The summed E-state index contributed by atoms with van der Waals surface area (Å²) < 4.78 is 5.58. The van der Waals surface area contributed by atoms with Crippen LogP contribution in [-0.2, 0) is 6.54 Å². The maximum atomic E-state index is 5.58. The number of hydrogen-bond donors (Lipinski definition) is 1. The Bertz CT molecular complexity index is 276. The summed E-state index contributed by atoms with van der Waals surface area (Å²) in [5.41, 5.74) is 6.50. The van der Waals surface area contributed by atoms with Crippen LogP contribution in [0, 0.1) is 0 Å². The van der Waals surface area contributed by atoms with Crippen molar-refractivity contribution in [3.63, 3.8) is 0 Å². The fourth-order valence-corrected chi connectivity index (χ4v) is 1.05. The van der Waals surface area contributed by atoms with Gasteiger partial charge in [0.25, 0.3) is 0 Å². The van der Waals surface area contributed by atoms with Crippen LogP contribution in [0.15, 0.2) is 18.5 Å². The molecule has 0 amide bonds. The first-order valence-corrected chi connectivity index (χ1v) is 4.64. The van der Waals surface area contributed by atoms with Gasteiger partial charge in [0, 0.05) is 31.0 Å². The molecule has 1 heterocycles. The average molecular weight is 195 g/mol. The van der Waals surface area contributed by atoms with Gasteiger partial charge in [0.1, 0.15) is 12.4 Å². The van der Waals surface area contributed by atoms with Crippen LogP contribution in [0.4, 0.5) is 0 Å². The van der Waals surface area contributed by atoms with Crippen molar-refractivity contribution < 1.29 is 4.74 Å². The Kier molecular flexibility index (Phi) is 4.35. The van der Waals surface area contributed by atoms with E-state index in [9.17, 15) is 0 Å². The molecule has 0 aromatic carbocycles. The fraction of sp³-hybridized carbons (Fsp3) is 0.500. The topological polar surface area (TPSA) is 51.4 Å². The van der Waals surface area contributed by atoms with E-state index in [2.05, 4.69) is 9.88 Å². The van der Waals surface area contributed by atoms with Gasteiger partial charge in [0.2, 0.25) is 0 Å². The number of hydrogen-bond acceptors (Lipinski definition) is 4. The van der Waals surface area contributed by atoms with Crippen LogP contribution in [0.5, 0.6) is 5.75 Å². The molecule has 1 rings (SSSR count). The van der Waals surface area contributed by atoms with Gasteiger partial charge in [-0.15, -0.1) is 0 Å². The maximum Gasteiger partial charge on any atom is 0.126 e. The summed E-state index contributed by atoms with van der Waals surface area (Å²) in [6.07, 6.45) is 3.45. The van der Waals surface area contributed by atoms with Gasteiger partial charge in [-0.25, -0.2) is 0 Å². The summed E-state index contributed by atoms with van der Waals surface area (Å²) in [5, 5.41) is 0. The SMILES string of the molecule is CN(C)CCOc1ccncc1CN. The Labute approximate surface area is 84.7 Å². The Morgan fingerprint density at radius 1 is 1.50 bits per heavy atom. The molecule has 0 aliphatic rings. The molecule has 4 heteroatoms. The Hall–Kier alpha value is -1.13. The van der Waals surface area contributed by atoms with E-state index in [4.69, 9.17) is 10.5 Å². The Morgan fingerprint density at radius 3 is 2.93 bits per heavy atom. The molecule has 0 unspecified atom stereocenters. The molecule has 0 radical (unpaired) electrons. The maximum absolute atomic E-state index is 5.58. The average Bonchev–Trinajstić information content (AvgIpc) is 2.18. The van der Waals surface area contributed by atoms with Crippen LogP contribution in [0.3, 0.4) is 0 Å². The van der Waals surface area contributed by atoms with Crippen LogP contribution in [0.2, 0.25) is 0 Å². The number of ether oxygens (including phenoxy) is 1. The van der Waals surface area contributed by atoms with E-state index in [0.29, 0.717) is 13.2 Å². The minimum absolute atomic E-state index is 0.463. The third-order valence-corrected chi connectivity index (χ3v) is 1.87. The molecule has 78 valence electrons. The van der Waals surface area contributed by atoms with Crippen molar-refractivity contribution >= 4 is 0 Å². The molecule has 0 aliphatic heterocycles. The van der Waals surface area contributed by atoms with Gasteiger partial charge in [-0.1, -0.05) is 0 Å². The zero-order valence-corrected chi connectivity index (χ0v) is 8.73. The molecule has 4 nitrogen and oxygen atoms in total. The van der Waals surface area contributed by atoms with Crippen molar-refractivity contribution in [3.8, 4) is 5.75 Å². The third kappa shape index (κ3) is 3.32. The van der Waals surface area contributed by atoms with Crippen LogP contribution < -0.4 is 10.5 Å². The molecule has 0 atom stereocenters. The van der Waals surface area contributed by atoms with Crippen molar-refractivity contribution in [2.45, 2.75) is 6.54 Å². The van der Waals surface area contributed by atoms with Crippen LogP contribution in [-0.4, -0.2) is 37.1 Å². The number of pyridine rings is 1. The number of nitrogens with two attached hydrogens (primary N) is 1. The smallest absolute Gasteiger partial charge is 0.126 e. The lowest BCUT2D eigenvalue weighted by atomic mass is 10.2. The monoisotopic (exact) mass is 195 g/mol. The number of nitrogens with zero attached hydrogens (tertiary/aromatic N) is 2. The molecule has 0 fully saturated rings. The highest BCUT2D eigenvalue weighted by Gasteiger charge is 2.01. The number of aromatic nitrogens is 1. The predicted octanol–water partition coefficient (Wildman–Crippen LogP) is 0.481. The van der Waals surface area contributed by atoms with Crippen molar-refractivity contribution in [1.82, 2.24) is 9.88 Å². The number of rotatable bonds is 5. The van der Waals surface area contributed by atoms with Gasteiger partial charge in [0.15, 0.2) is 0 Å². The first-order valence-electron chi connectivity index (χ1n) is 4.64. The van der Waals surface area contributed by atoms with Crippen molar-refractivity contribution in [1.29, 1.82) is 0 Å². The molecule has 0 saturated carbocycles. The van der Waals surface area contributed by atoms with Crippen LogP contribution >= 0.6 is 0 Å². The third-order valence-electron chi connectivity index (χ3n) is 1.87. The van der Waals surface area contributed by atoms with Crippen molar-refractivity contribution in [2.75, 3.05) is 27.2 Å². The second-order valence-corrected chi connectivity index (χ2v) is 3.34. The first-order chi connectivity index (χ1) is 6.74. The van der Waals surface area contributed by atoms with Gasteiger partial charge < -0.3 is 15.4 Å². The summed E-state index contributed by atoms with van der Waals surface area (Å²) in [4.78, 5) is 6.06. The highest BCUT2D eigenvalue weighted by atomic mass is 16.5. The number of likely N-dealkylation sites (N-methyl/N-ethyl adjacent to an activating group) is 1. The molecule has 1 aromatic rings. The molecule has 0 saturated heterocycles. The van der Waals surface area contributed by atoms with Gasteiger partial charge in [0.05, 0.1) is 0 Å². The zero-order chi connectivity index (χ0) is 10.4. The molecule has 2 N–H and O–H groups in total. The second-order valence-electron chi connectivity index (χ2n) is 3.34. The Balaban J connectivity index is 2.49. The van der Waals surface area contributed by atoms with E-state index >= 15 is 0 Å². The fourth-order valence-electron chi connectivity index (χ4n) is 1.05. The van der Waals surface area contributed by atoms with Gasteiger partial charge in [-0.05, 0) is 20.2 Å². The van der Waals surface area contributed by atoms with Crippen LogP contribution in [0.25, 0.3) is 0 Å². The Morgan fingerprint density at radius 2 is 2.29 bits per heavy atom. The lowest BCUT2D eigenvalue weighted by Crippen LogP contribution is -2.20. The minimum atomic E-state index is 0.463. The van der Waals surface area contributed by atoms with E-state index in [0.717, 1.165) is 17.9 Å². The molecule has 14 heavy (non-hydrogen) atoms. The summed E-state index contributed by atoms with van der Waals surface area (Å²) in [6.45, 7) is 2.03. The molecule has 0 aliphatic carbocycles. The van der Waals surface area contributed by atoms with Gasteiger partial charge >= 0.3 is 0 Å². The lowest BCUT2D eigenvalue weighted by Gasteiger charge is -2.12. The predicted molar refractivity (Wildman–Crippen MR) is 56.2 cm³/mol. The summed E-state index contributed by atoms with van der Waals surface area (Å²) in [6, 6.07) is 1.85. The standard InChI is InChI=1S/C10H17N3O/c1-13(2)5-6-14-10-3-4-12-8-9(10)7-11/h3-4,8H,5-7,11H2,1-2H3. The quantitative estimate of drug-likeness (QED) is 0.742. The summed E-state index contributed by atoms with van der Waals surface area (Å²) in [5.74, 6) is 0.837. The summed E-state index contributed by atoms with van der Waals surface area (Å²) in [7, 11) is 4.03. The minimum Gasteiger partial charge on any atom is -0.492 e. The normalized spacial score (nSPS) is 10.6. The highest BCUT2D eigenvalue weighted by Crippen LogP contribution is 2.15. The lowest BCUT2D eigenvalue weighted by molar-refractivity contribution is 0.259. The molecule has 1 aromatic heterocycles. The first kappa shape index (κ1) is 10.9. The van der Waals surface area contributed by atoms with Crippen molar-refractivity contribution in [3.05, 3.63) is 24.0 Å². The van der Waals surface area contributed by atoms with Crippen LogP contribution in [0.1, 0.15) is 5.56 Å². The molecular formula is C10H17N3O. The van der Waals surface area contributed by atoms with Gasteiger partial charge in [-0.3, -0.25) is 4.98 Å². The molecule has 0 bridgehead atoms. The van der Waals surface area contributed by atoms with Crippen molar-refractivity contribution in [2.24, 2.45) is 5.73 Å². The van der Waals surface area contributed by atoms with E-state index in [1.165, 1.54) is 0 Å². The van der Waals surface area contributed by atoms with Gasteiger partial charge in [-0.2, -0.15) is 0 Å². The molecular weight excluding hydrogens is 178 g/mol. The van der Waals surface area contributed by atoms with E-state index in [1.807, 2.05) is 20.2 Å². The second kappa shape index (κ2) is 5.57. The van der Waals surface area contributed by atoms with E-state index in [-0.39, 0.29) is 0 Å².